The van der Waals surface area contributed by atoms with Gasteiger partial charge in [-0.1, -0.05) is 6.07 Å². The lowest BCUT2D eigenvalue weighted by Crippen LogP contribution is -2.29. The Kier molecular flexibility index (Phi) is 3.51. The molecule has 2 aromatic heterocycles. The highest BCUT2D eigenvalue weighted by molar-refractivity contribution is 5.89. The van der Waals surface area contributed by atoms with Crippen LogP contribution in [0.4, 0.5) is 5.82 Å². The van der Waals surface area contributed by atoms with Crippen LogP contribution in [0.25, 0.3) is 0 Å². The number of hydrogen-bond donors (Lipinski definition) is 1. The minimum Gasteiger partial charge on any atom is -0.309 e. The topological polar surface area (TPSA) is 76.9 Å². The van der Waals surface area contributed by atoms with Gasteiger partial charge in [0.25, 0.3) is 5.56 Å². The van der Waals surface area contributed by atoms with Crippen molar-refractivity contribution in [3.05, 3.63) is 52.1 Å². The molecule has 1 saturated carbocycles. The van der Waals surface area contributed by atoms with E-state index in [0.717, 1.165) is 24.1 Å². The number of carbonyl (C=O) groups is 1. The zero-order valence-corrected chi connectivity index (χ0v) is 11.7. The van der Waals surface area contributed by atoms with Crippen molar-refractivity contribution in [3.8, 4) is 0 Å². The Morgan fingerprint density at radius 2 is 2.14 bits per heavy atom. The van der Waals surface area contributed by atoms with Crippen LogP contribution in [0.15, 0.2) is 35.3 Å². The van der Waals surface area contributed by atoms with Gasteiger partial charge in [0.1, 0.15) is 12.4 Å². The van der Waals surface area contributed by atoms with Gasteiger partial charge in [0.05, 0.1) is 5.69 Å². The SMILES string of the molecule is Cc1ccc(NC(=O)Cn2nc(C3CC3)ccc2=O)nc1. The molecule has 21 heavy (non-hydrogen) atoms. The number of aryl methyl sites for hydroxylation is 1. The van der Waals surface area contributed by atoms with Crippen LogP contribution >= 0.6 is 0 Å². The van der Waals surface area contributed by atoms with Crippen molar-refractivity contribution in [1.29, 1.82) is 0 Å². The van der Waals surface area contributed by atoms with Gasteiger partial charge in [-0.05, 0) is 37.5 Å². The molecule has 6 nitrogen and oxygen atoms in total. The Bertz CT molecular complexity index is 717. The summed E-state index contributed by atoms with van der Waals surface area (Å²) in [6.45, 7) is 1.82. The summed E-state index contributed by atoms with van der Waals surface area (Å²) < 4.78 is 1.21. The molecule has 1 aliphatic carbocycles. The van der Waals surface area contributed by atoms with Crippen molar-refractivity contribution in [1.82, 2.24) is 14.8 Å². The van der Waals surface area contributed by atoms with Gasteiger partial charge in [-0.3, -0.25) is 9.59 Å². The van der Waals surface area contributed by atoms with Crippen molar-refractivity contribution >= 4 is 11.7 Å². The van der Waals surface area contributed by atoms with Crippen molar-refractivity contribution in [2.24, 2.45) is 0 Å². The largest absolute Gasteiger partial charge is 0.309 e. The molecule has 3 rings (SSSR count). The minimum absolute atomic E-state index is 0.102. The molecule has 6 heteroatoms. The molecule has 0 aliphatic heterocycles. The molecule has 0 bridgehead atoms. The second kappa shape index (κ2) is 5.47. The molecule has 0 aromatic carbocycles. The fourth-order valence-corrected chi connectivity index (χ4v) is 2.03. The summed E-state index contributed by atoms with van der Waals surface area (Å²) in [5.41, 5.74) is 1.63. The van der Waals surface area contributed by atoms with Gasteiger partial charge in [0.15, 0.2) is 0 Å². The maximum Gasteiger partial charge on any atom is 0.267 e. The van der Waals surface area contributed by atoms with Crippen LogP contribution in [0.1, 0.15) is 30.0 Å². The molecule has 1 aliphatic rings. The summed E-state index contributed by atoms with van der Waals surface area (Å²) >= 11 is 0. The summed E-state index contributed by atoms with van der Waals surface area (Å²) in [5, 5.41) is 6.91. The zero-order chi connectivity index (χ0) is 14.8. The number of anilines is 1. The summed E-state index contributed by atoms with van der Waals surface area (Å²) in [7, 11) is 0. The molecule has 0 atom stereocenters. The van der Waals surface area contributed by atoms with E-state index in [2.05, 4.69) is 15.4 Å². The molecule has 2 aromatic rings. The smallest absolute Gasteiger partial charge is 0.267 e. The number of pyridine rings is 1. The van der Waals surface area contributed by atoms with Gasteiger partial charge in [-0.2, -0.15) is 5.10 Å². The molecule has 0 spiro atoms. The first-order chi connectivity index (χ1) is 10.1. The second-order valence-corrected chi connectivity index (χ2v) is 5.30. The Labute approximate surface area is 121 Å². The fourth-order valence-electron chi connectivity index (χ4n) is 2.03. The number of carbonyl (C=O) groups excluding carboxylic acids is 1. The first-order valence-corrected chi connectivity index (χ1v) is 6.92. The van der Waals surface area contributed by atoms with E-state index >= 15 is 0 Å². The molecule has 1 N–H and O–H groups in total. The van der Waals surface area contributed by atoms with Gasteiger partial charge in [-0.25, -0.2) is 9.67 Å². The third-order valence-corrected chi connectivity index (χ3v) is 3.36. The van der Waals surface area contributed by atoms with Gasteiger partial charge in [0, 0.05) is 18.2 Å². The van der Waals surface area contributed by atoms with Crippen LogP contribution in [0.2, 0.25) is 0 Å². The lowest BCUT2D eigenvalue weighted by molar-refractivity contribution is -0.117. The Hall–Kier alpha value is -2.50. The summed E-state index contributed by atoms with van der Waals surface area (Å²) in [6, 6.07) is 6.80. The molecule has 1 fully saturated rings. The third-order valence-electron chi connectivity index (χ3n) is 3.36. The number of aromatic nitrogens is 3. The normalized spacial score (nSPS) is 14.0. The van der Waals surface area contributed by atoms with Crippen molar-refractivity contribution in [2.75, 3.05) is 5.32 Å². The van der Waals surface area contributed by atoms with E-state index in [0.29, 0.717) is 11.7 Å². The second-order valence-electron chi connectivity index (χ2n) is 5.30. The van der Waals surface area contributed by atoms with Crippen LogP contribution in [0.3, 0.4) is 0 Å². The van der Waals surface area contributed by atoms with Gasteiger partial charge in [-0.15, -0.1) is 0 Å². The predicted molar refractivity (Wildman–Crippen MR) is 78.1 cm³/mol. The molecular formula is C15H16N4O2. The van der Waals surface area contributed by atoms with Crippen molar-refractivity contribution < 1.29 is 4.79 Å². The molecule has 1 amide bonds. The number of amides is 1. The minimum atomic E-state index is -0.311. The Morgan fingerprint density at radius 3 is 2.81 bits per heavy atom. The lowest BCUT2D eigenvalue weighted by atomic mass is 10.3. The van der Waals surface area contributed by atoms with E-state index in [1.165, 1.54) is 10.7 Å². The molecular weight excluding hydrogens is 268 g/mol. The highest BCUT2D eigenvalue weighted by Gasteiger charge is 2.25. The van der Waals surface area contributed by atoms with E-state index < -0.39 is 0 Å². The summed E-state index contributed by atoms with van der Waals surface area (Å²) in [4.78, 5) is 27.8. The molecule has 2 heterocycles. The monoisotopic (exact) mass is 284 g/mol. The summed E-state index contributed by atoms with van der Waals surface area (Å²) in [6.07, 6.45) is 3.88. The van der Waals surface area contributed by atoms with Crippen LogP contribution in [-0.4, -0.2) is 20.7 Å². The van der Waals surface area contributed by atoms with Crippen LogP contribution < -0.4 is 10.9 Å². The average Bonchev–Trinajstić information content (AvgIpc) is 3.28. The first-order valence-electron chi connectivity index (χ1n) is 6.92. The van der Waals surface area contributed by atoms with Crippen molar-refractivity contribution in [3.63, 3.8) is 0 Å². The highest BCUT2D eigenvalue weighted by Crippen LogP contribution is 2.38. The van der Waals surface area contributed by atoms with E-state index in [9.17, 15) is 9.59 Å². The average molecular weight is 284 g/mol. The Morgan fingerprint density at radius 1 is 1.33 bits per heavy atom. The van der Waals surface area contributed by atoms with Crippen LogP contribution in [-0.2, 0) is 11.3 Å². The predicted octanol–water partition coefficient (Wildman–Crippen LogP) is 1.46. The highest BCUT2D eigenvalue weighted by atomic mass is 16.2. The Balaban J connectivity index is 1.70. The maximum absolute atomic E-state index is 12.0. The van der Waals surface area contributed by atoms with Gasteiger partial charge < -0.3 is 5.32 Å². The van der Waals surface area contributed by atoms with Gasteiger partial charge in [0.2, 0.25) is 5.91 Å². The van der Waals surface area contributed by atoms with E-state index in [4.69, 9.17) is 0 Å². The van der Waals surface area contributed by atoms with E-state index in [1.807, 2.05) is 13.0 Å². The summed E-state index contributed by atoms with van der Waals surface area (Å²) in [5.74, 6) is 0.601. The number of nitrogens with one attached hydrogen (secondary N) is 1. The van der Waals surface area contributed by atoms with Crippen LogP contribution in [0, 0.1) is 6.92 Å². The van der Waals surface area contributed by atoms with E-state index in [-0.39, 0.29) is 18.0 Å². The standard InChI is InChI=1S/C15H16N4O2/c1-10-2-6-13(16-8-10)17-14(20)9-19-15(21)7-5-12(18-19)11-3-4-11/h2,5-8,11H,3-4,9H2,1H3,(H,16,17,20). The number of hydrogen-bond acceptors (Lipinski definition) is 4. The van der Waals surface area contributed by atoms with Crippen molar-refractivity contribution in [2.45, 2.75) is 32.2 Å². The van der Waals surface area contributed by atoms with Gasteiger partial charge >= 0.3 is 0 Å². The molecule has 108 valence electrons. The first kappa shape index (κ1) is 13.5. The van der Waals surface area contributed by atoms with Crippen LogP contribution in [0.5, 0.6) is 0 Å². The third kappa shape index (κ3) is 3.34. The zero-order valence-electron chi connectivity index (χ0n) is 11.7. The molecule has 0 saturated heterocycles. The lowest BCUT2D eigenvalue weighted by Gasteiger charge is -2.07. The quantitative estimate of drug-likeness (QED) is 0.922. The van der Waals surface area contributed by atoms with E-state index in [1.54, 1.807) is 18.3 Å². The molecule has 0 unspecified atom stereocenters. The number of nitrogens with zero attached hydrogens (tertiary/aromatic N) is 3. The maximum atomic E-state index is 12.0. The fraction of sp³-hybridized carbons (Fsp3) is 0.333. The number of rotatable bonds is 4. The molecule has 0 radical (unpaired) electrons.